The van der Waals surface area contributed by atoms with E-state index in [0.29, 0.717) is 47.8 Å². The number of nitrogens with one attached hydrogen (secondary N) is 1. The highest BCUT2D eigenvalue weighted by Gasteiger charge is 2.53. The van der Waals surface area contributed by atoms with E-state index >= 15 is 0 Å². The summed E-state index contributed by atoms with van der Waals surface area (Å²) in [6, 6.07) is 7.44. The van der Waals surface area contributed by atoms with Crippen molar-refractivity contribution in [3.8, 4) is 0 Å². The molecule has 3 aliphatic rings. The Bertz CT molecular complexity index is 1380. The molecular formula is C31H43BN4O7. The minimum absolute atomic E-state index is 0.0315. The van der Waals surface area contributed by atoms with Gasteiger partial charge in [0.1, 0.15) is 17.5 Å². The minimum Gasteiger partial charge on any atom is -0.443 e. The monoisotopic (exact) mass is 594 g/mol. The van der Waals surface area contributed by atoms with Gasteiger partial charge >= 0.3 is 13.2 Å². The van der Waals surface area contributed by atoms with E-state index in [1.165, 1.54) is 0 Å². The third-order valence-electron chi connectivity index (χ3n) is 8.48. The number of anilines is 3. The van der Waals surface area contributed by atoms with Crippen LogP contribution in [0.25, 0.3) is 0 Å². The van der Waals surface area contributed by atoms with Gasteiger partial charge in [-0.05, 0) is 91.5 Å². The fraction of sp³-hybridized carbons (Fsp3) is 0.581. The van der Waals surface area contributed by atoms with E-state index in [2.05, 4.69) is 15.2 Å². The second-order valence-corrected chi connectivity index (χ2v) is 14.0. The summed E-state index contributed by atoms with van der Waals surface area (Å²) in [6.45, 7) is 18.4. The van der Waals surface area contributed by atoms with E-state index in [4.69, 9.17) is 18.8 Å². The Kier molecular flexibility index (Phi) is 7.82. The first-order valence-corrected chi connectivity index (χ1v) is 14.7. The molecule has 2 N–H and O–H groups in total. The normalized spacial score (nSPS) is 21.7. The van der Waals surface area contributed by atoms with Crippen LogP contribution < -0.4 is 15.7 Å². The molecule has 0 aliphatic carbocycles. The van der Waals surface area contributed by atoms with Gasteiger partial charge in [0.15, 0.2) is 0 Å². The molecule has 2 saturated heterocycles. The van der Waals surface area contributed by atoms with Crippen LogP contribution >= 0.6 is 0 Å². The van der Waals surface area contributed by atoms with E-state index in [1.54, 1.807) is 46.9 Å². The van der Waals surface area contributed by atoms with Crippen molar-refractivity contribution in [3.05, 3.63) is 41.6 Å². The molecule has 0 saturated carbocycles. The Morgan fingerprint density at radius 3 is 2.35 bits per heavy atom. The number of carbonyl (C=O) groups excluding carboxylic acids is 2. The molecule has 43 heavy (non-hydrogen) atoms. The molecule has 11 nitrogen and oxygen atoms in total. The first kappa shape index (κ1) is 31.2. The molecule has 1 aromatic carbocycles. The average molecular weight is 595 g/mol. The minimum atomic E-state index is -0.958. The summed E-state index contributed by atoms with van der Waals surface area (Å²) < 4.78 is 23.9. The van der Waals surface area contributed by atoms with E-state index < -0.39 is 41.5 Å². The molecule has 1 unspecified atom stereocenters. The number of morpholine rings is 1. The van der Waals surface area contributed by atoms with Crippen molar-refractivity contribution >= 4 is 41.8 Å². The number of rotatable bonds is 5. The van der Waals surface area contributed by atoms with Crippen molar-refractivity contribution in [2.75, 3.05) is 29.9 Å². The van der Waals surface area contributed by atoms with Crippen LogP contribution in [0.15, 0.2) is 30.5 Å². The van der Waals surface area contributed by atoms with Gasteiger partial charge in [-0.3, -0.25) is 4.79 Å². The molecule has 1 aromatic heterocycles. The van der Waals surface area contributed by atoms with Gasteiger partial charge < -0.3 is 34.1 Å². The van der Waals surface area contributed by atoms with Gasteiger partial charge in [-0.1, -0.05) is 6.07 Å². The molecule has 0 bridgehead atoms. The van der Waals surface area contributed by atoms with Gasteiger partial charge in [0, 0.05) is 13.1 Å². The lowest BCUT2D eigenvalue weighted by Crippen LogP contribution is -2.52. The molecule has 12 heteroatoms. The molecule has 2 aromatic rings. The molecule has 0 radical (unpaired) electrons. The van der Waals surface area contributed by atoms with Gasteiger partial charge in [0.2, 0.25) is 0 Å². The molecule has 232 valence electrons. The van der Waals surface area contributed by atoms with E-state index in [0.717, 1.165) is 10.6 Å². The highest BCUT2D eigenvalue weighted by Crippen LogP contribution is 2.39. The Labute approximate surface area is 254 Å². The zero-order chi connectivity index (χ0) is 31.5. The summed E-state index contributed by atoms with van der Waals surface area (Å²) in [7, 11) is -0.710. The number of pyridine rings is 1. The van der Waals surface area contributed by atoms with Crippen LogP contribution in [0.3, 0.4) is 0 Å². The first-order chi connectivity index (χ1) is 19.9. The lowest BCUT2D eigenvalue weighted by Gasteiger charge is -2.39. The summed E-state index contributed by atoms with van der Waals surface area (Å²) in [6.07, 6.45) is 0.725. The highest BCUT2D eigenvalue weighted by molar-refractivity contribution is 6.63. The fourth-order valence-electron chi connectivity index (χ4n) is 5.30. The van der Waals surface area contributed by atoms with E-state index in [9.17, 15) is 14.7 Å². The predicted octanol–water partition coefficient (Wildman–Crippen LogP) is 3.99. The molecule has 2 amide bonds. The average Bonchev–Trinajstić information content (AvgIpc) is 3.35. The maximum atomic E-state index is 13.8. The molecule has 4 heterocycles. The number of nitrogens with zero attached hydrogens (tertiary/aromatic N) is 3. The summed E-state index contributed by atoms with van der Waals surface area (Å²) in [5.74, 6) is 0.0675. The Morgan fingerprint density at radius 2 is 1.77 bits per heavy atom. The van der Waals surface area contributed by atoms with Gasteiger partial charge in [-0.2, -0.15) is 0 Å². The Balaban J connectivity index is 1.43. The lowest BCUT2D eigenvalue weighted by atomic mass is 9.74. The van der Waals surface area contributed by atoms with Crippen molar-refractivity contribution in [1.82, 2.24) is 9.88 Å². The largest absolute Gasteiger partial charge is 0.495 e. The van der Waals surface area contributed by atoms with Crippen LogP contribution in [0.4, 0.5) is 22.0 Å². The Hall–Kier alpha value is -3.19. The standard InChI is InChI=1S/C31H43BN4O7/c1-28(2,3)41-27(38)36-17-20-21(32-42-30(6,7)31(8,9)43-32)11-12-22(25(20)26(36)37)34-24-13-10-19(16-33-24)35-14-15-40-23(18-35)29(4,5)39/h10-13,16,23,39H,14-15,17-18H2,1-9H3,(H,33,34). The van der Waals surface area contributed by atoms with E-state index in [-0.39, 0.29) is 12.6 Å². The molecule has 0 spiro atoms. The smallest absolute Gasteiger partial charge is 0.443 e. The lowest BCUT2D eigenvalue weighted by molar-refractivity contribution is -0.0928. The van der Waals surface area contributed by atoms with Crippen LogP contribution in [0.5, 0.6) is 0 Å². The number of aromatic nitrogens is 1. The molecular weight excluding hydrogens is 551 g/mol. The second-order valence-electron chi connectivity index (χ2n) is 14.0. The first-order valence-electron chi connectivity index (χ1n) is 14.7. The van der Waals surface area contributed by atoms with E-state index in [1.807, 2.05) is 45.9 Å². The number of carbonyl (C=O) groups is 2. The van der Waals surface area contributed by atoms with Gasteiger partial charge in [0.25, 0.3) is 5.91 Å². The third kappa shape index (κ3) is 6.24. The van der Waals surface area contributed by atoms with Crippen LogP contribution in [0.1, 0.15) is 78.2 Å². The third-order valence-corrected chi connectivity index (χ3v) is 8.48. The predicted molar refractivity (Wildman–Crippen MR) is 164 cm³/mol. The number of amides is 2. The molecule has 1 atom stereocenters. The molecule has 3 aliphatic heterocycles. The van der Waals surface area contributed by atoms with Crippen molar-refractivity contribution in [2.24, 2.45) is 0 Å². The molecule has 2 fully saturated rings. The van der Waals surface area contributed by atoms with Crippen molar-refractivity contribution in [1.29, 1.82) is 0 Å². The maximum Gasteiger partial charge on any atom is 0.495 e. The van der Waals surface area contributed by atoms with Gasteiger partial charge in [0.05, 0.1) is 53.1 Å². The van der Waals surface area contributed by atoms with Crippen LogP contribution in [-0.4, -0.2) is 82.3 Å². The SMILES string of the molecule is CC(C)(C)OC(=O)N1Cc2c(B3OC(C)(C)C(C)(C)O3)ccc(Nc3ccc(N4CCOC(C(C)(C)O)C4)cn3)c2C1=O. The van der Waals surface area contributed by atoms with Crippen molar-refractivity contribution < 1.29 is 33.5 Å². The summed E-state index contributed by atoms with van der Waals surface area (Å²) in [5, 5.41) is 13.7. The van der Waals surface area contributed by atoms with Crippen molar-refractivity contribution in [3.63, 3.8) is 0 Å². The van der Waals surface area contributed by atoms with Crippen LogP contribution in [0, 0.1) is 0 Å². The quantitative estimate of drug-likeness (QED) is 0.492. The number of imide groups is 1. The summed E-state index contributed by atoms with van der Waals surface area (Å²) in [5.41, 5.74) is 0.224. The number of ether oxygens (including phenoxy) is 2. The topological polar surface area (TPSA) is 123 Å². The van der Waals surface area contributed by atoms with Gasteiger partial charge in [-0.25, -0.2) is 14.7 Å². The zero-order valence-corrected chi connectivity index (χ0v) is 26.6. The summed E-state index contributed by atoms with van der Waals surface area (Å²) in [4.78, 5) is 34.7. The van der Waals surface area contributed by atoms with Crippen LogP contribution in [0.2, 0.25) is 0 Å². The number of aliphatic hydroxyl groups is 1. The fourth-order valence-corrected chi connectivity index (χ4v) is 5.30. The number of hydrogen-bond acceptors (Lipinski definition) is 10. The number of benzene rings is 1. The van der Waals surface area contributed by atoms with Crippen LogP contribution in [-0.2, 0) is 25.3 Å². The zero-order valence-electron chi connectivity index (χ0n) is 26.6. The maximum absolute atomic E-state index is 13.8. The molecule has 5 rings (SSSR count). The highest BCUT2D eigenvalue weighted by atomic mass is 16.7. The summed E-state index contributed by atoms with van der Waals surface area (Å²) >= 11 is 0. The second kappa shape index (κ2) is 10.8. The number of hydrogen-bond donors (Lipinski definition) is 2. The van der Waals surface area contributed by atoms with Crippen molar-refractivity contribution in [2.45, 2.75) is 97.4 Å². The number of fused-ring (bicyclic) bond motifs is 1. The van der Waals surface area contributed by atoms with Gasteiger partial charge in [-0.15, -0.1) is 0 Å². The Morgan fingerprint density at radius 1 is 1.09 bits per heavy atom.